The van der Waals surface area contributed by atoms with E-state index in [1.165, 1.54) is 18.2 Å². The lowest BCUT2D eigenvalue weighted by molar-refractivity contribution is -0.125. The fourth-order valence-corrected chi connectivity index (χ4v) is 2.23. The highest BCUT2D eigenvalue weighted by Gasteiger charge is 2.33. The highest BCUT2D eigenvalue weighted by atomic mass is 19.1. The number of hydrogen-bond acceptors (Lipinski definition) is 3. The summed E-state index contributed by atoms with van der Waals surface area (Å²) in [6.45, 7) is 0. The number of halogens is 1. The number of benzene rings is 1. The Balaban J connectivity index is 1.79. The summed E-state index contributed by atoms with van der Waals surface area (Å²) in [6.07, 6.45) is 7.63. The van der Waals surface area contributed by atoms with Crippen molar-refractivity contribution in [1.29, 1.82) is 0 Å². The Morgan fingerprint density at radius 2 is 1.95 bits per heavy atom. The molecule has 1 aliphatic heterocycles. The fraction of sp³-hybridized carbons (Fsp3) is 0.125. The van der Waals surface area contributed by atoms with E-state index in [4.69, 9.17) is 4.74 Å². The lowest BCUT2D eigenvalue weighted by Gasteiger charge is -2.28. The van der Waals surface area contributed by atoms with Gasteiger partial charge in [-0.15, -0.1) is 0 Å². The Morgan fingerprint density at radius 3 is 2.76 bits per heavy atom. The quantitative estimate of drug-likeness (QED) is 0.907. The van der Waals surface area contributed by atoms with Crippen LogP contribution in [-0.2, 0) is 14.3 Å². The van der Waals surface area contributed by atoms with E-state index in [0.29, 0.717) is 0 Å². The summed E-state index contributed by atoms with van der Waals surface area (Å²) in [4.78, 5) is 24.0. The topological polar surface area (TPSA) is 55.4 Å². The summed E-state index contributed by atoms with van der Waals surface area (Å²) in [7, 11) is 0. The molecule has 1 amide bonds. The molecule has 1 heterocycles. The van der Waals surface area contributed by atoms with E-state index >= 15 is 0 Å². The standard InChI is InChI=1S/C16H12FNO3/c17-11-6-2-3-7-12(11)18-16(20)15-9-13(19)10-5-1-4-8-14(10)21-15/h1-10,14H,(H,18,20)/t10-,14-/m1/s1. The summed E-state index contributed by atoms with van der Waals surface area (Å²) >= 11 is 0. The Kier molecular flexibility index (Phi) is 3.39. The van der Waals surface area contributed by atoms with Gasteiger partial charge in [0.2, 0.25) is 0 Å². The predicted octanol–water partition coefficient (Wildman–Crippen LogP) is 2.36. The molecular formula is C16H12FNO3. The van der Waals surface area contributed by atoms with E-state index in [1.807, 2.05) is 0 Å². The van der Waals surface area contributed by atoms with Crippen molar-refractivity contribution in [3.8, 4) is 0 Å². The maximum Gasteiger partial charge on any atom is 0.290 e. The number of para-hydroxylation sites is 1. The lowest BCUT2D eigenvalue weighted by atomic mass is 9.91. The van der Waals surface area contributed by atoms with Gasteiger partial charge in [0.05, 0.1) is 11.6 Å². The van der Waals surface area contributed by atoms with Gasteiger partial charge in [-0.25, -0.2) is 4.39 Å². The Labute approximate surface area is 120 Å². The molecule has 0 fully saturated rings. The first-order valence-corrected chi connectivity index (χ1v) is 6.48. The van der Waals surface area contributed by atoms with E-state index in [9.17, 15) is 14.0 Å². The average molecular weight is 285 g/mol. The van der Waals surface area contributed by atoms with Crippen LogP contribution in [-0.4, -0.2) is 17.8 Å². The third-order valence-corrected chi connectivity index (χ3v) is 3.30. The number of ketones is 1. The van der Waals surface area contributed by atoms with E-state index < -0.39 is 23.7 Å². The molecule has 3 rings (SSSR count). The second kappa shape index (κ2) is 5.36. The second-order valence-corrected chi connectivity index (χ2v) is 4.72. The molecule has 0 radical (unpaired) electrons. The van der Waals surface area contributed by atoms with Gasteiger partial charge in [0, 0.05) is 6.08 Å². The maximum atomic E-state index is 13.5. The van der Waals surface area contributed by atoms with Gasteiger partial charge in [-0.2, -0.15) is 0 Å². The molecule has 1 N–H and O–H groups in total. The van der Waals surface area contributed by atoms with Gasteiger partial charge in [0.1, 0.15) is 11.9 Å². The number of nitrogens with one attached hydrogen (secondary N) is 1. The summed E-state index contributed by atoms with van der Waals surface area (Å²) < 4.78 is 19.0. The first-order chi connectivity index (χ1) is 10.1. The maximum absolute atomic E-state index is 13.5. The summed E-state index contributed by atoms with van der Waals surface area (Å²) in [5.41, 5.74) is 0.0423. The molecule has 21 heavy (non-hydrogen) atoms. The summed E-state index contributed by atoms with van der Waals surface area (Å²) in [5, 5.41) is 2.39. The highest BCUT2D eigenvalue weighted by Crippen LogP contribution is 2.26. The van der Waals surface area contributed by atoms with E-state index in [0.717, 1.165) is 6.08 Å². The first kappa shape index (κ1) is 13.3. The normalized spacial score (nSPS) is 23.1. The summed E-state index contributed by atoms with van der Waals surface area (Å²) in [5.74, 6) is -1.91. The number of ether oxygens (including phenoxy) is 1. The summed E-state index contributed by atoms with van der Waals surface area (Å²) in [6, 6.07) is 5.80. The Morgan fingerprint density at radius 1 is 1.19 bits per heavy atom. The third kappa shape index (κ3) is 2.63. The van der Waals surface area contributed by atoms with Gasteiger partial charge in [0.15, 0.2) is 11.5 Å². The zero-order valence-corrected chi connectivity index (χ0v) is 11.0. The van der Waals surface area contributed by atoms with Crippen molar-refractivity contribution >= 4 is 17.4 Å². The van der Waals surface area contributed by atoms with Gasteiger partial charge < -0.3 is 10.1 Å². The average Bonchev–Trinajstić information content (AvgIpc) is 2.49. The van der Waals surface area contributed by atoms with Crippen molar-refractivity contribution in [2.24, 2.45) is 5.92 Å². The SMILES string of the molecule is O=C(Nc1ccccc1F)C1=CC(=O)[C@H]2C=CC=C[C@H]2O1. The van der Waals surface area contributed by atoms with Crippen LogP contribution in [0.4, 0.5) is 10.1 Å². The van der Waals surface area contributed by atoms with Gasteiger partial charge in [-0.1, -0.05) is 30.4 Å². The molecule has 1 aromatic carbocycles. The molecular weight excluding hydrogens is 273 g/mol. The fourth-order valence-electron chi connectivity index (χ4n) is 2.23. The first-order valence-electron chi connectivity index (χ1n) is 6.48. The molecule has 106 valence electrons. The largest absolute Gasteiger partial charge is 0.479 e. The molecule has 1 aliphatic carbocycles. The smallest absolute Gasteiger partial charge is 0.290 e. The van der Waals surface area contributed by atoms with Crippen molar-refractivity contribution in [3.63, 3.8) is 0 Å². The van der Waals surface area contributed by atoms with Crippen LogP contribution in [0, 0.1) is 11.7 Å². The zero-order chi connectivity index (χ0) is 14.8. The minimum absolute atomic E-state index is 0.0423. The number of anilines is 1. The van der Waals surface area contributed by atoms with E-state index in [1.54, 1.807) is 30.4 Å². The predicted molar refractivity (Wildman–Crippen MR) is 74.8 cm³/mol. The third-order valence-electron chi connectivity index (χ3n) is 3.30. The van der Waals surface area contributed by atoms with Crippen LogP contribution in [0.25, 0.3) is 0 Å². The van der Waals surface area contributed by atoms with Gasteiger partial charge >= 0.3 is 0 Å². The number of rotatable bonds is 2. The van der Waals surface area contributed by atoms with Crippen molar-refractivity contribution in [2.45, 2.75) is 6.10 Å². The van der Waals surface area contributed by atoms with Crippen molar-refractivity contribution < 1.29 is 18.7 Å². The van der Waals surface area contributed by atoms with Crippen LogP contribution in [0.3, 0.4) is 0 Å². The number of carbonyl (C=O) groups is 2. The molecule has 2 atom stereocenters. The number of allylic oxidation sites excluding steroid dienone is 3. The number of carbonyl (C=O) groups excluding carboxylic acids is 2. The number of hydrogen-bond donors (Lipinski definition) is 1. The second-order valence-electron chi connectivity index (χ2n) is 4.72. The Hall–Kier alpha value is -2.69. The number of amides is 1. The number of fused-ring (bicyclic) bond motifs is 1. The monoisotopic (exact) mass is 285 g/mol. The van der Waals surface area contributed by atoms with Crippen LogP contribution in [0.5, 0.6) is 0 Å². The van der Waals surface area contributed by atoms with Crippen LogP contribution in [0.1, 0.15) is 0 Å². The van der Waals surface area contributed by atoms with Gasteiger partial charge in [-0.05, 0) is 18.2 Å². The van der Waals surface area contributed by atoms with Crippen LogP contribution in [0.15, 0.2) is 60.4 Å². The molecule has 5 heteroatoms. The highest BCUT2D eigenvalue weighted by molar-refractivity contribution is 6.08. The van der Waals surface area contributed by atoms with Gasteiger partial charge in [-0.3, -0.25) is 9.59 Å². The molecule has 0 unspecified atom stereocenters. The molecule has 0 saturated heterocycles. The Bertz CT molecular complexity index is 691. The minimum atomic E-state index is -0.644. The molecule has 0 spiro atoms. The van der Waals surface area contributed by atoms with Crippen LogP contribution < -0.4 is 5.32 Å². The lowest BCUT2D eigenvalue weighted by Crippen LogP contribution is -2.35. The van der Waals surface area contributed by atoms with E-state index in [-0.39, 0.29) is 17.2 Å². The zero-order valence-electron chi connectivity index (χ0n) is 11.0. The molecule has 2 aliphatic rings. The molecule has 1 aromatic rings. The van der Waals surface area contributed by atoms with Crippen LogP contribution >= 0.6 is 0 Å². The van der Waals surface area contributed by atoms with Crippen molar-refractivity contribution in [3.05, 3.63) is 66.2 Å². The molecule has 4 nitrogen and oxygen atoms in total. The van der Waals surface area contributed by atoms with Gasteiger partial charge in [0.25, 0.3) is 5.91 Å². The van der Waals surface area contributed by atoms with E-state index in [2.05, 4.69) is 5.32 Å². The molecule has 0 saturated carbocycles. The van der Waals surface area contributed by atoms with Crippen molar-refractivity contribution in [2.75, 3.05) is 5.32 Å². The molecule has 0 aromatic heterocycles. The molecule has 0 bridgehead atoms. The van der Waals surface area contributed by atoms with Crippen molar-refractivity contribution in [1.82, 2.24) is 0 Å². The minimum Gasteiger partial charge on any atom is -0.479 e. The van der Waals surface area contributed by atoms with Crippen LogP contribution in [0.2, 0.25) is 0 Å².